The van der Waals surface area contributed by atoms with Gasteiger partial charge in [-0.2, -0.15) is 13.2 Å². The predicted octanol–water partition coefficient (Wildman–Crippen LogP) is 3.85. The molecule has 19 heavy (non-hydrogen) atoms. The molecule has 0 aliphatic carbocycles. The summed E-state index contributed by atoms with van der Waals surface area (Å²) in [6.07, 6.45) is -3.30. The van der Waals surface area contributed by atoms with Crippen LogP contribution < -0.4 is 5.32 Å². The van der Waals surface area contributed by atoms with Gasteiger partial charge < -0.3 is 5.32 Å². The molecule has 0 radical (unpaired) electrons. The molecule has 1 aromatic carbocycles. The van der Waals surface area contributed by atoms with Crippen LogP contribution in [0.15, 0.2) is 42.6 Å². The lowest BCUT2D eigenvalue weighted by molar-refractivity contribution is -0.137. The second-order valence-corrected chi connectivity index (χ2v) is 3.91. The van der Waals surface area contributed by atoms with Crippen molar-refractivity contribution in [2.24, 2.45) is 0 Å². The smallest absolute Gasteiger partial charge is 0.366 e. The fourth-order valence-electron chi connectivity index (χ4n) is 1.50. The minimum absolute atomic E-state index is 0.124. The van der Waals surface area contributed by atoms with Gasteiger partial charge in [0.1, 0.15) is 11.6 Å². The lowest BCUT2D eigenvalue weighted by atomic mass is 10.2. The van der Waals surface area contributed by atoms with E-state index < -0.39 is 11.7 Å². The van der Waals surface area contributed by atoms with Gasteiger partial charge in [-0.15, -0.1) is 0 Å². The molecule has 2 aromatic rings. The third-order valence-corrected chi connectivity index (χ3v) is 2.47. The first-order chi connectivity index (χ1) is 8.95. The Bertz CT molecular complexity index is 549. The van der Waals surface area contributed by atoms with Crippen LogP contribution in [-0.4, -0.2) is 4.98 Å². The Morgan fingerprint density at radius 1 is 1.05 bits per heavy atom. The molecule has 6 heteroatoms. The van der Waals surface area contributed by atoms with Gasteiger partial charge in [-0.3, -0.25) is 0 Å². The van der Waals surface area contributed by atoms with Gasteiger partial charge in [0, 0.05) is 12.7 Å². The number of nitrogens with one attached hydrogen (secondary N) is 1. The van der Waals surface area contributed by atoms with E-state index in [0.717, 1.165) is 23.9 Å². The first kappa shape index (κ1) is 13.3. The van der Waals surface area contributed by atoms with E-state index in [4.69, 9.17) is 0 Å². The molecule has 1 heterocycles. The molecular weight excluding hydrogens is 260 g/mol. The van der Waals surface area contributed by atoms with E-state index in [9.17, 15) is 17.6 Å². The maximum atomic E-state index is 12.7. The van der Waals surface area contributed by atoms with Crippen molar-refractivity contribution in [3.8, 4) is 0 Å². The minimum Gasteiger partial charge on any atom is -0.366 e. The molecule has 100 valence electrons. The highest BCUT2D eigenvalue weighted by molar-refractivity contribution is 5.39. The maximum absolute atomic E-state index is 12.7. The van der Waals surface area contributed by atoms with Gasteiger partial charge in [-0.05, 0) is 29.8 Å². The van der Waals surface area contributed by atoms with Crippen molar-refractivity contribution in [2.75, 3.05) is 5.32 Å². The number of aromatic nitrogens is 1. The topological polar surface area (TPSA) is 24.9 Å². The van der Waals surface area contributed by atoms with Crippen LogP contribution in [0.4, 0.5) is 23.4 Å². The van der Waals surface area contributed by atoms with Gasteiger partial charge in [0.05, 0.1) is 5.56 Å². The van der Waals surface area contributed by atoms with Gasteiger partial charge in [-0.1, -0.05) is 12.1 Å². The van der Waals surface area contributed by atoms with Crippen LogP contribution in [0.25, 0.3) is 0 Å². The average Bonchev–Trinajstić information content (AvgIpc) is 2.37. The Labute approximate surface area is 107 Å². The van der Waals surface area contributed by atoms with Crippen molar-refractivity contribution in [3.05, 3.63) is 59.5 Å². The summed E-state index contributed by atoms with van der Waals surface area (Å²) < 4.78 is 50.1. The number of rotatable bonds is 3. The molecule has 0 saturated heterocycles. The summed E-state index contributed by atoms with van der Waals surface area (Å²) in [4.78, 5) is 3.80. The molecule has 0 amide bonds. The molecule has 0 fully saturated rings. The highest BCUT2D eigenvalue weighted by atomic mass is 19.4. The number of pyridine rings is 1. The first-order valence-electron chi connectivity index (χ1n) is 5.47. The third kappa shape index (κ3) is 3.67. The van der Waals surface area contributed by atoms with Crippen molar-refractivity contribution in [2.45, 2.75) is 12.7 Å². The monoisotopic (exact) mass is 270 g/mol. The Morgan fingerprint density at radius 2 is 1.74 bits per heavy atom. The lowest BCUT2D eigenvalue weighted by Crippen LogP contribution is -2.07. The zero-order valence-corrected chi connectivity index (χ0v) is 9.71. The van der Waals surface area contributed by atoms with Crippen LogP contribution >= 0.6 is 0 Å². The van der Waals surface area contributed by atoms with Crippen molar-refractivity contribution in [1.29, 1.82) is 0 Å². The summed E-state index contributed by atoms with van der Waals surface area (Å²) in [5.41, 5.74) is -0.00952. The molecular formula is C13H10F4N2. The number of alkyl halides is 3. The first-order valence-corrected chi connectivity index (χ1v) is 5.47. The molecule has 1 aromatic heterocycles. The van der Waals surface area contributed by atoms with Gasteiger partial charge in [0.15, 0.2) is 0 Å². The zero-order chi connectivity index (χ0) is 13.9. The van der Waals surface area contributed by atoms with Crippen LogP contribution in [0.2, 0.25) is 0 Å². The Kier molecular flexibility index (Phi) is 3.69. The largest absolute Gasteiger partial charge is 0.416 e. The van der Waals surface area contributed by atoms with Crippen molar-refractivity contribution in [3.63, 3.8) is 0 Å². The fraction of sp³-hybridized carbons (Fsp3) is 0.154. The summed E-state index contributed by atoms with van der Waals surface area (Å²) in [5, 5.41) is 2.76. The van der Waals surface area contributed by atoms with Gasteiger partial charge in [0.25, 0.3) is 0 Å². The number of nitrogens with zero attached hydrogens (tertiary/aromatic N) is 1. The van der Waals surface area contributed by atoms with Gasteiger partial charge in [-0.25, -0.2) is 9.37 Å². The third-order valence-electron chi connectivity index (χ3n) is 2.47. The van der Waals surface area contributed by atoms with Crippen molar-refractivity contribution in [1.82, 2.24) is 4.98 Å². The van der Waals surface area contributed by atoms with E-state index in [1.807, 2.05) is 0 Å². The number of hydrogen-bond acceptors (Lipinski definition) is 2. The van der Waals surface area contributed by atoms with Crippen LogP contribution in [0, 0.1) is 5.82 Å². The molecule has 1 N–H and O–H groups in total. The molecule has 0 atom stereocenters. The molecule has 0 aliphatic heterocycles. The van der Waals surface area contributed by atoms with Gasteiger partial charge >= 0.3 is 6.18 Å². The minimum atomic E-state index is -4.39. The van der Waals surface area contributed by atoms with Crippen molar-refractivity contribution < 1.29 is 17.6 Å². The second-order valence-electron chi connectivity index (χ2n) is 3.91. The van der Waals surface area contributed by atoms with Gasteiger partial charge in [0.2, 0.25) is 0 Å². The molecule has 0 aliphatic rings. The normalized spacial score (nSPS) is 11.4. The van der Waals surface area contributed by atoms with E-state index in [0.29, 0.717) is 0 Å². The van der Waals surface area contributed by atoms with Crippen LogP contribution in [0.3, 0.4) is 0 Å². The Balaban J connectivity index is 2.05. The second kappa shape index (κ2) is 5.26. The molecule has 2 nitrogen and oxygen atoms in total. The maximum Gasteiger partial charge on any atom is 0.416 e. The summed E-state index contributed by atoms with van der Waals surface area (Å²) >= 11 is 0. The van der Waals surface area contributed by atoms with E-state index in [-0.39, 0.29) is 18.2 Å². The van der Waals surface area contributed by atoms with E-state index >= 15 is 0 Å². The highest BCUT2D eigenvalue weighted by Crippen LogP contribution is 2.29. The predicted molar refractivity (Wildman–Crippen MR) is 63.0 cm³/mol. The molecule has 0 saturated carbocycles. The zero-order valence-electron chi connectivity index (χ0n) is 9.71. The molecule has 2 rings (SSSR count). The lowest BCUT2D eigenvalue weighted by Gasteiger charge is -2.09. The Hall–Kier alpha value is -2.11. The quantitative estimate of drug-likeness (QED) is 0.857. The molecule has 0 unspecified atom stereocenters. The average molecular weight is 270 g/mol. The fourth-order valence-corrected chi connectivity index (χ4v) is 1.50. The van der Waals surface area contributed by atoms with Crippen LogP contribution in [0.1, 0.15) is 11.1 Å². The SMILES string of the molecule is Fc1ccc(CNc2cc(C(F)(F)F)ccn2)cc1. The highest BCUT2D eigenvalue weighted by Gasteiger charge is 2.30. The number of anilines is 1. The standard InChI is InChI=1S/C13H10F4N2/c14-11-3-1-9(2-4-11)8-19-12-7-10(5-6-18-12)13(15,16)17/h1-7H,8H2,(H,18,19). The van der Waals surface area contributed by atoms with Crippen LogP contribution in [0.5, 0.6) is 0 Å². The number of halogens is 4. The molecule has 0 bridgehead atoms. The van der Waals surface area contributed by atoms with E-state index in [1.165, 1.54) is 12.1 Å². The van der Waals surface area contributed by atoms with Crippen LogP contribution in [-0.2, 0) is 12.7 Å². The number of benzene rings is 1. The summed E-state index contributed by atoms with van der Waals surface area (Å²) in [6, 6.07) is 7.52. The number of hydrogen-bond donors (Lipinski definition) is 1. The Morgan fingerprint density at radius 3 is 2.37 bits per heavy atom. The van der Waals surface area contributed by atoms with E-state index in [1.54, 1.807) is 12.1 Å². The summed E-state index contributed by atoms with van der Waals surface area (Å²) in [5.74, 6) is -0.236. The van der Waals surface area contributed by atoms with E-state index in [2.05, 4.69) is 10.3 Å². The summed E-state index contributed by atoms with van der Waals surface area (Å²) in [7, 11) is 0. The van der Waals surface area contributed by atoms with Crippen molar-refractivity contribution >= 4 is 5.82 Å². The summed E-state index contributed by atoms with van der Waals surface area (Å²) in [6.45, 7) is 0.272. The molecule has 0 spiro atoms.